The highest BCUT2D eigenvalue weighted by Gasteiger charge is 2.46. The van der Waals surface area contributed by atoms with Crippen LogP contribution in [-0.4, -0.2) is 118 Å². The Kier molecular flexibility index (Phi) is 12.2. The zero-order chi connectivity index (χ0) is 37.1. The number of nitrogens with zero attached hydrogens (tertiary/aromatic N) is 4. The van der Waals surface area contributed by atoms with Crippen molar-refractivity contribution in [3.05, 3.63) is 63.3 Å². The number of piperidine rings is 1. The number of ether oxygens (including phenoxy) is 1. The second kappa shape index (κ2) is 15.9. The van der Waals surface area contributed by atoms with E-state index in [1.54, 1.807) is 15.9 Å². The summed E-state index contributed by atoms with van der Waals surface area (Å²) in [6.45, 7) is 6.81. The molecule has 0 spiro atoms. The summed E-state index contributed by atoms with van der Waals surface area (Å²) in [5, 5.41) is 4.32. The maximum absolute atomic E-state index is 14.2. The molecule has 0 aliphatic carbocycles. The summed E-state index contributed by atoms with van der Waals surface area (Å²) in [5.41, 5.74) is 7.73. The molecule has 2 amide bonds. The zero-order valence-corrected chi connectivity index (χ0v) is 32.4. The largest absolute Gasteiger partial charge is 0.487 e. The minimum Gasteiger partial charge on any atom is -0.487 e. The number of aromatic nitrogens is 1. The Morgan fingerprint density at radius 3 is 2.39 bits per heavy atom. The summed E-state index contributed by atoms with van der Waals surface area (Å²) in [5.74, 6) is 0.0650. The summed E-state index contributed by atoms with van der Waals surface area (Å²) in [4.78, 5) is 35.1. The fourth-order valence-electron chi connectivity index (χ4n) is 6.84. The minimum atomic E-state index is -4.32. The third-order valence-corrected chi connectivity index (χ3v) is 12.2. The van der Waals surface area contributed by atoms with Gasteiger partial charge >= 0.3 is 0 Å². The molecule has 2 aromatic carbocycles. The van der Waals surface area contributed by atoms with Gasteiger partial charge in [-0.3, -0.25) is 9.59 Å². The van der Waals surface area contributed by atoms with Gasteiger partial charge in [-0.2, -0.15) is 4.72 Å². The molecule has 0 saturated carbocycles. The predicted molar refractivity (Wildman–Crippen MR) is 200 cm³/mol. The predicted octanol–water partition coefficient (Wildman–Crippen LogP) is 3.62. The average molecular weight is 764 g/mol. The lowest BCUT2D eigenvalue weighted by atomic mass is 9.87. The number of benzene rings is 2. The smallest absolute Gasteiger partial charge is 0.244 e. The Morgan fingerprint density at radius 1 is 1.06 bits per heavy atom. The van der Waals surface area contributed by atoms with Gasteiger partial charge in [0.15, 0.2) is 0 Å². The molecule has 0 radical (unpaired) electrons. The molecule has 0 bridgehead atoms. The van der Waals surface area contributed by atoms with Crippen LogP contribution in [-0.2, 0) is 26.2 Å². The molecular weight excluding hydrogens is 713 g/mol. The van der Waals surface area contributed by atoms with Gasteiger partial charge in [0.05, 0.1) is 38.8 Å². The van der Waals surface area contributed by atoms with E-state index in [0.717, 1.165) is 34.1 Å². The number of nitrogens with one attached hydrogen (secondary N) is 2. The van der Waals surface area contributed by atoms with Crippen molar-refractivity contribution in [2.45, 2.75) is 62.6 Å². The van der Waals surface area contributed by atoms with E-state index >= 15 is 0 Å². The Morgan fingerprint density at radius 2 is 1.73 bits per heavy atom. The average Bonchev–Trinajstić information content (AvgIpc) is 3.07. The minimum absolute atomic E-state index is 0.0861. The topological polar surface area (TPSA) is 147 Å². The van der Waals surface area contributed by atoms with Crippen molar-refractivity contribution in [1.82, 2.24) is 24.8 Å². The van der Waals surface area contributed by atoms with Crippen LogP contribution in [0.2, 0.25) is 10.0 Å². The summed E-state index contributed by atoms with van der Waals surface area (Å²) >= 11 is 13.3. The van der Waals surface area contributed by atoms with Crippen LogP contribution in [0.15, 0.2) is 41.3 Å². The molecule has 5 rings (SSSR count). The molecule has 2 saturated heterocycles. The number of rotatable bonds is 12. The van der Waals surface area contributed by atoms with Crippen LogP contribution in [0, 0.1) is 13.8 Å². The fraction of sp³-hybridized carbons (Fsp3) is 0.528. The van der Waals surface area contributed by atoms with E-state index in [1.807, 2.05) is 32.0 Å². The number of carbonyl (C=O) groups is 2. The summed E-state index contributed by atoms with van der Waals surface area (Å²) in [6.07, 6.45) is 1.91. The van der Waals surface area contributed by atoms with Crippen molar-refractivity contribution in [2.24, 2.45) is 5.73 Å². The Labute approximate surface area is 311 Å². The van der Waals surface area contributed by atoms with Crippen LogP contribution in [0.3, 0.4) is 0 Å². The number of aryl methyl sites for hydroxylation is 2. The van der Waals surface area contributed by atoms with E-state index in [1.165, 1.54) is 12.1 Å². The molecule has 12 nitrogen and oxygen atoms in total. The van der Waals surface area contributed by atoms with Gasteiger partial charge in [0.25, 0.3) is 0 Å². The van der Waals surface area contributed by atoms with Crippen LogP contribution >= 0.6 is 23.2 Å². The van der Waals surface area contributed by atoms with Crippen molar-refractivity contribution in [3.8, 4) is 5.75 Å². The first kappa shape index (κ1) is 39.2. The highest BCUT2D eigenvalue weighted by atomic mass is 35.5. The summed E-state index contributed by atoms with van der Waals surface area (Å²) < 4.78 is 38.0. The van der Waals surface area contributed by atoms with Crippen molar-refractivity contribution in [1.29, 1.82) is 0 Å². The number of halogens is 2. The number of fused-ring (bicyclic) bond motifs is 1. The first-order valence-corrected chi connectivity index (χ1v) is 19.6. The molecule has 2 fully saturated rings. The fourth-order valence-corrected chi connectivity index (χ4v) is 9.15. The molecule has 4 N–H and O–H groups in total. The molecule has 1 aromatic heterocycles. The quantitative estimate of drug-likeness (QED) is 0.237. The lowest BCUT2D eigenvalue weighted by molar-refractivity contribution is -0.870. The van der Waals surface area contributed by atoms with Gasteiger partial charge in [0.1, 0.15) is 28.3 Å². The zero-order valence-electron chi connectivity index (χ0n) is 30.1. The number of nitrogens with two attached hydrogens (primary N) is 1. The number of hydrogen-bond donors (Lipinski definition) is 3. The SMILES string of the molecule is Cc1cc(C)c2cccc(OCc3c(Cl)ccc(S(=O)(=O)NC4(C(=O)N5CCN(C(=O)[C@@H](N)CCC[N+](C)(C)C)CC5)CCNCC4)c3Cl)c2n1. The standard InChI is InChI=1S/C36H50Cl2N7O5S/c1-24-22-25(2)41-33-26(24)8-6-10-30(33)50-23-27-28(37)11-12-31(32(27)38)51(48,49)42-36(13-15-40-16-14-36)35(47)44-19-17-43(18-20-44)34(46)29(39)9-7-21-45(3,4)5/h6,8,10-12,22,29,40,42H,7,9,13-21,23,39H2,1-5H3/q+1/t29-/m0/s1. The number of amides is 2. The van der Waals surface area contributed by atoms with Crippen LogP contribution in [0.5, 0.6) is 5.75 Å². The van der Waals surface area contributed by atoms with E-state index in [0.29, 0.717) is 49.4 Å². The van der Waals surface area contributed by atoms with Crippen molar-refractivity contribution in [3.63, 3.8) is 0 Å². The Bertz CT molecular complexity index is 1870. The first-order chi connectivity index (χ1) is 24.0. The molecule has 0 unspecified atom stereocenters. The first-order valence-electron chi connectivity index (χ1n) is 17.4. The molecule has 278 valence electrons. The number of quaternary nitrogens is 1. The highest BCUT2D eigenvalue weighted by molar-refractivity contribution is 7.89. The number of hydrogen-bond acceptors (Lipinski definition) is 8. The van der Waals surface area contributed by atoms with E-state index in [9.17, 15) is 18.0 Å². The number of sulfonamides is 1. The number of carbonyl (C=O) groups excluding carboxylic acids is 2. The molecule has 15 heteroatoms. The van der Waals surface area contributed by atoms with Gasteiger partial charge in [0.2, 0.25) is 21.8 Å². The van der Waals surface area contributed by atoms with Crippen LogP contribution in [0.4, 0.5) is 0 Å². The highest BCUT2D eigenvalue weighted by Crippen LogP contribution is 2.35. The van der Waals surface area contributed by atoms with E-state index < -0.39 is 21.6 Å². The third-order valence-electron chi connectivity index (χ3n) is 9.69. The number of pyridine rings is 1. The van der Waals surface area contributed by atoms with Gasteiger partial charge in [-0.25, -0.2) is 13.4 Å². The van der Waals surface area contributed by atoms with Crippen molar-refractivity contribution in [2.75, 3.05) is 67.0 Å². The second-order valence-corrected chi connectivity index (χ2v) is 17.1. The van der Waals surface area contributed by atoms with E-state index in [4.69, 9.17) is 33.7 Å². The lowest BCUT2D eigenvalue weighted by Gasteiger charge is -2.43. The Hall–Kier alpha value is -3.04. The molecule has 51 heavy (non-hydrogen) atoms. The van der Waals surface area contributed by atoms with Crippen LogP contribution in [0.25, 0.3) is 10.9 Å². The van der Waals surface area contributed by atoms with Gasteiger partial charge in [-0.05, 0) is 82.4 Å². The molecule has 1 atom stereocenters. The van der Waals surface area contributed by atoms with E-state index in [-0.39, 0.29) is 59.3 Å². The van der Waals surface area contributed by atoms with Crippen LogP contribution in [0.1, 0.15) is 42.5 Å². The lowest BCUT2D eigenvalue weighted by Crippen LogP contribution is -2.65. The summed E-state index contributed by atoms with van der Waals surface area (Å²) in [6, 6.07) is 9.83. The van der Waals surface area contributed by atoms with Crippen LogP contribution < -0.4 is 20.5 Å². The molecule has 2 aliphatic heterocycles. The second-order valence-electron chi connectivity index (χ2n) is 14.7. The third kappa shape index (κ3) is 9.13. The maximum Gasteiger partial charge on any atom is 0.244 e. The van der Waals surface area contributed by atoms with Crippen molar-refractivity contribution >= 4 is 55.9 Å². The molecule has 3 aromatic rings. The number of para-hydroxylation sites is 1. The monoisotopic (exact) mass is 762 g/mol. The normalized spacial score (nSPS) is 17.4. The summed E-state index contributed by atoms with van der Waals surface area (Å²) in [7, 11) is 1.98. The number of piperazine rings is 1. The van der Waals surface area contributed by atoms with Gasteiger partial charge < -0.3 is 30.1 Å². The Balaban J connectivity index is 1.30. The maximum atomic E-state index is 14.2. The van der Waals surface area contributed by atoms with Gasteiger partial charge in [-0.15, -0.1) is 0 Å². The molecule has 3 heterocycles. The molecule has 2 aliphatic rings. The molecular formula is C36H50Cl2N7O5S+. The van der Waals surface area contributed by atoms with E-state index in [2.05, 4.69) is 36.2 Å². The van der Waals surface area contributed by atoms with Crippen molar-refractivity contribution < 1.29 is 27.2 Å². The van der Waals surface area contributed by atoms with Gasteiger partial charge in [-0.1, -0.05) is 35.3 Å². The van der Waals surface area contributed by atoms with Gasteiger partial charge in [0, 0.05) is 47.8 Å².